The Morgan fingerprint density at radius 2 is 2.05 bits per heavy atom. The lowest BCUT2D eigenvalue weighted by Gasteiger charge is -2.12. The largest absolute Gasteiger partial charge is 0.496 e. The lowest BCUT2D eigenvalue weighted by atomic mass is 10.1. The topological polar surface area (TPSA) is 64.6 Å². The highest BCUT2D eigenvalue weighted by molar-refractivity contribution is 5.94. The second-order valence-corrected chi connectivity index (χ2v) is 4.66. The molecule has 20 heavy (non-hydrogen) atoms. The quantitative estimate of drug-likeness (QED) is 0.810. The summed E-state index contributed by atoms with van der Waals surface area (Å²) in [6.45, 7) is 5.43. The summed E-state index contributed by atoms with van der Waals surface area (Å²) in [5.41, 5.74) is 1.24. The molecule has 5 heteroatoms. The van der Waals surface area contributed by atoms with E-state index in [0.717, 1.165) is 12.0 Å². The smallest absolute Gasteiger partial charge is 0.342 e. The molecule has 110 valence electrons. The van der Waals surface area contributed by atoms with Crippen molar-refractivity contribution < 1.29 is 19.1 Å². The molecule has 0 unspecified atom stereocenters. The van der Waals surface area contributed by atoms with Crippen molar-refractivity contribution in [2.75, 3.05) is 13.7 Å². The van der Waals surface area contributed by atoms with Crippen LogP contribution >= 0.6 is 0 Å². The van der Waals surface area contributed by atoms with E-state index in [1.54, 1.807) is 12.1 Å². The number of ether oxygens (including phenoxy) is 2. The number of rotatable bonds is 6. The molecule has 1 aromatic carbocycles. The predicted octanol–water partition coefficient (Wildman–Crippen LogP) is 2.08. The van der Waals surface area contributed by atoms with Gasteiger partial charge in [-0.25, -0.2) is 4.79 Å². The third-order valence-electron chi connectivity index (χ3n) is 2.93. The summed E-state index contributed by atoms with van der Waals surface area (Å²) >= 11 is 0. The van der Waals surface area contributed by atoms with Crippen molar-refractivity contribution in [3.8, 4) is 5.75 Å². The van der Waals surface area contributed by atoms with Crippen LogP contribution in [-0.4, -0.2) is 31.6 Å². The van der Waals surface area contributed by atoms with Gasteiger partial charge in [0.05, 0.1) is 7.11 Å². The zero-order valence-electron chi connectivity index (χ0n) is 12.4. The van der Waals surface area contributed by atoms with Gasteiger partial charge in [0.2, 0.25) is 0 Å². The molecule has 0 aliphatic carbocycles. The second-order valence-electron chi connectivity index (χ2n) is 4.66. The van der Waals surface area contributed by atoms with E-state index in [9.17, 15) is 9.59 Å². The molecule has 0 spiro atoms. The number of amides is 1. The zero-order valence-corrected chi connectivity index (χ0v) is 12.4. The molecule has 0 fully saturated rings. The summed E-state index contributed by atoms with van der Waals surface area (Å²) in [5, 5.41) is 2.73. The molecular weight excluding hydrogens is 258 g/mol. The molecule has 1 amide bonds. The summed E-state index contributed by atoms with van der Waals surface area (Å²) in [6, 6.07) is 5.28. The number of benzene rings is 1. The van der Waals surface area contributed by atoms with Crippen molar-refractivity contribution in [1.29, 1.82) is 0 Å². The first kappa shape index (κ1) is 16.0. The molecule has 1 N–H and O–H groups in total. The van der Waals surface area contributed by atoms with Gasteiger partial charge in [-0.3, -0.25) is 4.79 Å². The van der Waals surface area contributed by atoms with Gasteiger partial charge in [0.25, 0.3) is 5.91 Å². The maximum atomic E-state index is 12.0. The Bertz CT molecular complexity index is 485. The summed E-state index contributed by atoms with van der Waals surface area (Å²) in [4.78, 5) is 23.5. The van der Waals surface area contributed by atoms with Crippen LogP contribution in [0.25, 0.3) is 0 Å². The fraction of sp³-hybridized carbons (Fsp3) is 0.467. The van der Waals surface area contributed by atoms with E-state index in [4.69, 9.17) is 9.47 Å². The molecule has 0 aromatic heterocycles. The highest BCUT2D eigenvalue weighted by Crippen LogP contribution is 2.20. The predicted molar refractivity (Wildman–Crippen MR) is 75.9 cm³/mol. The van der Waals surface area contributed by atoms with Crippen molar-refractivity contribution in [2.24, 2.45) is 0 Å². The molecule has 0 heterocycles. The molecule has 0 aliphatic rings. The Kier molecular flexibility index (Phi) is 6.03. The fourth-order valence-corrected chi connectivity index (χ4v) is 1.61. The van der Waals surface area contributed by atoms with E-state index >= 15 is 0 Å². The Balaban J connectivity index is 2.63. The Labute approximate surface area is 119 Å². The number of hydrogen-bond donors (Lipinski definition) is 1. The number of methoxy groups -OCH3 is 1. The first-order valence-electron chi connectivity index (χ1n) is 6.59. The minimum atomic E-state index is -0.565. The number of carbonyl (C=O) groups is 2. The molecule has 1 rings (SSSR count). The van der Waals surface area contributed by atoms with Crippen LogP contribution in [0.2, 0.25) is 0 Å². The molecule has 0 saturated carbocycles. The summed E-state index contributed by atoms with van der Waals surface area (Å²) in [7, 11) is 1.48. The third-order valence-corrected chi connectivity index (χ3v) is 2.93. The van der Waals surface area contributed by atoms with Crippen molar-refractivity contribution in [2.45, 2.75) is 33.2 Å². The SMILES string of the molecule is CC[C@@H](C)NC(=O)COC(=O)c1cc(C)ccc1OC. The van der Waals surface area contributed by atoms with E-state index in [0.29, 0.717) is 11.3 Å². The van der Waals surface area contributed by atoms with Crippen molar-refractivity contribution >= 4 is 11.9 Å². The van der Waals surface area contributed by atoms with Crippen LogP contribution in [-0.2, 0) is 9.53 Å². The average molecular weight is 279 g/mol. The van der Waals surface area contributed by atoms with Gasteiger partial charge in [-0.2, -0.15) is 0 Å². The van der Waals surface area contributed by atoms with Gasteiger partial charge in [-0.1, -0.05) is 18.6 Å². The molecule has 0 saturated heterocycles. The number of hydrogen-bond acceptors (Lipinski definition) is 4. The van der Waals surface area contributed by atoms with Crippen molar-refractivity contribution in [3.05, 3.63) is 29.3 Å². The number of nitrogens with one attached hydrogen (secondary N) is 1. The Morgan fingerprint density at radius 3 is 2.65 bits per heavy atom. The average Bonchev–Trinajstić information content (AvgIpc) is 2.44. The maximum Gasteiger partial charge on any atom is 0.342 e. The van der Waals surface area contributed by atoms with Crippen LogP contribution < -0.4 is 10.1 Å². The van der Waals surface area contributed by atoms with Crippen LogP contribution in [0.1, 0.15) is 36.2 Å². The molecule has 0 bridgehead atoms. The van der Waals surface area contributed by atoms with Gasteiger partial charge < -0.3 is 14.8 Å². The molecular formula is C15H21NO4. The third kappa shape index (κ3) is 4.57. The van der Waals surface area contributed by atoms with E-state index in [1.807, 2.05) is 26.8 Å². The minimum Gasteiger partial charge on any atom is -0.496 e. The summed E-state index contributed by atoms with van der Waals surface area (Å²) < 4.78 is 10.1. The minimum absolute atomic E-state index is 0.0645. The van der Waals surface area contributed by atoms with Gasteiger partial charge in [-0.05, 0) is 32.4 Å². The second kappa shape index (κ2) is 7.53. The van der Waals surface area contributed by atoms with Crippen LogP contribution in [0.3, 0.4) is 0 Å². The van der Waals surface area contributed by atoms with Crippen LogP contribution in [0.4, 0.5) is 0 Å². The number of esters is 1. The molecule has 1 aromatic rings. The summed E-state index contributed by atoms with van der Waals surface area (Å²) in [6.07, 6.45) is 0.825. The Hall–Kier alpha value is -2.04. The first-order chi connectivity index (χ1) is 9.47. The number of aryl methyl sites for hydroxylation is 1. The van der Waals surface area contributed by atoms with Crippen LogP contribution in [0.5, 0.6) is 5.75 Å². The van der Waals surface area contributed by atoms with E-state index in [1.165, 1.54) is 7.11 Å². The highest BCUT2D eigenvalue weighted by Gasteiger charge is 2.16. The molecule has 0 radical (unpaired) electrons. The van der Waals surface area contributed by atoms with Crippen LogP contribution in [0.15, 0.2) is 18.2 Å². The highest BCUT2D eigenvalue weighted by atomic mass is 16.5. The normalized spacial score (nSPS) is 11.6. The number of carbonyl (C=O) groups excluding carboxylic acids is 2. The standard InChI is InChI=1S/C15H21NO4/c1-5-11(3)16-14(17)9-20-15(18)12-8-10(2)6-7-13(12)19-4/h6-8,11H,5,9H2,1-4H3,(H,16,17)/t11-/m1/s1. The maximum absolute atomic E-state index is 12.0. The first-order valence-corrected chi connectivity index (χ1v) is 6.59. The van der Waals surface area contributed by atoms with Gasteiger partial charge in [0, 0.05) is 6.04 Å². The van der Waals surface area contributed by atoms with Gasteiger partial charge >= 0.3 is 5.97 Å². The monoisotopic (exact) mass is 279 g/mol. The lowest BCUT2D eigenvalue weighted by Crippen LogP contribution is -2.35. The van der Waals surface area contributed by atoms with E-state index in [2.05, 4.69) is 5.32 Å². The summed E-state index contributed by atoms with van der Waals surface area (Å²) in [5.74, 6) is -0.438. The molecule has 1 atom stereocenters. The lowest BCUT2D eigenvalue weighted by molar-refractivity contribution is -0.124. The van der Waals surface area contributed by atoms with Crippen molar-refractivity contribution in [3.63, 3.8) is 0 Å². The fourth-order valence-electron chi connectivity index (χ4n) is 1.61. The molecule has 0 aliphatic heterocycles. The van der Waals surface area contributed by atoms with Gasteiger partial charge in [0.1, 0.15) is 11.3 Å². The van der Waals surface area contributed by atoms with Gasteiger partial charge in [0.15, 0.2) is 6.61 Å². The van der Waals surface area contributed by atoms with E-state index < -0.39 is 5.97 Å². The van der Waals surface area contributed by atoms with E-state index in [-0.39, 0.29) is 18.6 Å². The Morgan fingerprint density at radius 1 is 1.35 bits per heavy atom. The molecule has 5 nitrogen and oxygen atoms in total. The zero-order chi connectivity index (χ0) is 15.1. The van der Waals surface area contributed by atoms with Crippen molar-refractivity contribution in [1.82, 2.24) is 5.32 Å². The van der Waals surface area contributed by atoms with Crippen LogP contribution in [0, 0.1) is 6.92 Å². The van der Waals surface area contributed by atoms with Gasteiger partial charge in [-0.15, -0.1) is 0 Å².